The average molecular weight is 414 g/mol. The third-order valence-corrected chi connectivity index (χ3v) is 5.57. The van der Waals surface area contributed by atoms with E-state index in [0.29, 0.717) is 12.1 Å². The van der Waals surface area contributed by atoms with Crippen LogP contribution >= 0.6 is 11.8 Å². The van der Waals surface area contributed by atoms with Crippen LogP contribution in [0.3, 0.4) is 0 Å². The fraction of sp³-hybridized carbons (Fsp3) is 0.273. The molecule has 0 radical (unpaired) electrons. The quantitative estimate of drug-likeness (QED) is 0.539. The largest absolute Gasteiger partial charge is 0.494 e. The number of halogens is 1. The monoisotopic (exact) mass is 413 g/mol. The van der Waals surface area contributed by atoms with E-state index in [1.807, 2.05) is 17.7 Å². The number of carbonyl (C=O) groups is 1. The number of amides is 1. The van der Waals surface area contributed by atoms with Gasteiger partial charge in [-0.3, -0.25) is 9.36 Å². The van der Waals surface area contributed by atoms with E-state index in [4.69, 9.17) is 4.74 Å². The van der Waals surface area contributed by atoms with E-state index < -0.39 is 5.82 Å². The highest BCUT2D eigenvalue weighted by Crippen LogP contribution is 2.24. The van der Waals surface area contributed by atoms with Crippen LogP contribution in [-0.2, 0) is 11.3 Å². The maximum atomic E-state index is 13.9. The smallest absolute Gasteiger partial charge is 0.233 e. The zero-order chi connectivity index (χ0) is 21.0. The predicted molar refractivity (Wildman–Crippen MR) is 113 cm³/mol. The summed E-state index contributed by atoms with van der Waals surface area (Å²) in [6.45, 7) is 4.43. The number of benzene rings is 2. The van der Waals surface area contributed by atoms with E-state index in [1.54, 1.807) is 30.3 Å². The Balaban J connectivity index is 1.65. The summed E-state index contributed by atoms with van der Waals surface area (Å²) in [5.74, 6) is -0.0501. The van der Waals surface area contributed by atoms with E-state index in [-0.39, 0.29) is 17.4 Å². The molecular weight excluding hydrogens is 389 g/mol. The van der Waals surface area contributed by atoms with Crippen molar-refractivity contribution in [3.05, 3.63) is 71.3 Å². The van der Waals surface area contributed by atoms with Crippen LogP contribution in [0.1, 0.15) is 16.7 Å². The second-order valence-corrected chi connectivity index (χ2v) is 7.82. The molecule has 0 aliphatic rings. The summed E-state index contributed by atoms with van der Waals surface area (Å²) in [4.78, 5) is 18.6. The normalized spacial score (nSPS) is 10.8. The molecule has 0 fully saturated rings. The van der Waals surface area contributed by atoms with Crippen molar-refractivity contribution in [2.75, 3.05) is 19.9 Å². The summed E-state index contributed by atoms with van der Waals surface area (Å²) in [5, 5.41) is 0.760. The van der Waals surface area contributed by atoms with Crippen molar-refractivity contribution in [3.63, 3.8) is 0 Å². The van der Waals surface area contributed by atoms with Gasteiger partial charge in [0.15, 0.2) is 16.7 Å². The van der Waals surface area contributed by atoms with E-state index >= 15 is 0 Å². The molecule has 0 spiro atoms. The predicted octanol–water partition coefficient (Wildman–Crippen LogP) is 4.39. The lowest BCUT2D eigenvalue weighted by molar-refractivity contribution is -0.127. The maximum absolute atomic E-state index is 13.9. The van der Waals surface area contributed by atoms with Crippen LogP contribution in [0.25, 0.3) is 5.69 Å². The number of nitrogens with zero attached hydrogens (tertiary/aromatic N) is 3. The number of rotatable bonds is 7. The van der Waals surface area contributed by atoms with Gasteiger partial charge in [0.1, 0.15) is 0 Å². The number of ether oxygens (including phenoxy) is 1. The number of aryl methyl sites for hydroxylation is 2. The van der Waals surface area contributed by atoms with Crippen molar-refractivity contribution in [2.24, 2.45) is 0 Å². The van der Waals surface area contributed by atoms with E-state index in [9.17, 15) is 9.18 Å². The Morgan fingerprint density at radius 1 is 1.24 bits per heavy atom. The number of aromatic nitrogens is 2. The van der Waals surface area contributed by atoms with Crippen LogP contribution in [0.15, 0.2) is 53.9 Å². The molecule has 5 nitrogen and oxygen atoms in total. The van der Waals surface area contributed by atoms with Crippen LogP contribution in [0.4, 0.5) is 4.39 Å². The topological polar surface area (TPSA) is 47.4 Å². The first-order valence-electron chi connectivity index (χ1n) is 9.19. The zero-order valence-corrected chi connectivity index (χ0v) is 17.8. The van der Waals surface area contributed by atoms with Crippen LogP contribution in [0.2, 0.25) is 0 Å². The summed E-state index contributed by atoms with van der Waals surface area (Å²) in [6, 6.07) is 11.0. The summed E-state index contributed by atoms with van der Waals surface area (Å²) >= 11 is 1.39. The van der Waals surface area contributed by atoms with Gasteiger partial charge in [-0.05, 0) is 48.7 Å². The number of thioether (sulfide) groups is 1. The van der Waals surface area contributed by atoms with Crippen molar-refractivity contribution in [3.8, 4) is 11.4 Å². The summed E-state index contributed by atoms with van der Waals surface area (Å²) < 4.78 is 20.8. The van der Waals surface area contributed by atoms with Gasteiger partial charge in [-0.15, -0.1) is 0 Å². The molecule has 0 aliphatic carbocycles. The number of imidazole rings is 1. The molecule has 0 unspecified atom stereocenters. The molecule has 29 heavy (non-hydrogen) atoms. The molecule has 0 N–H and O–H groups in total. The Bertz CT molecular complexity index is 1020. The molecule has 1 amide bonds. The number of hydrogen-bond acceptors (Lipinski definition) is 4. The van der Waals surface area contributed by atoms with Gasteiger partial charge in [-0.25, -0.2) is 9.37 Å². The van der Waals surface area contributed by atoms with E-state index in [0.717, 1.165) is 22.0 Å². The molecule has 0 bridgehead atoms. The Morgan fingerprint density at radius 3 is 2.76 bits per heavy atom. The molecule has 0 aliphatic heterocycles. The van der Waals surface area contributed by atoms with Gasteiger partial charge >= 0.3 is 0 Å². The third kappa shape index (κ3) is 4.98. The van der Waals surface area contributed by atoms with Gasteiger partial charge in [0, 0.05) is 26.0 Å². The Morgan fingerprint density at radius 2 is 2.03 bits per heavy atom. The van der Waals surface area contributed by atoms with Crippen molar-refractivity contribution in [1.82, 2.24) is 14.5 Å². The van der Waals surface area contributed by atoms with Crippen molar-refractivity contribution in [1.29, 1.82) is 0 Å². The molecular formula is C22H24FN3O2S. The minimum Gasteiger partial charge on any atom is -0.494 e. The van der Waals surface area contributed by atoms with Gasteiger partial charge in [0.05, 0.1) is 18.6 Å². The van der Waals surface area contributed by atoms with Gasteiger partial charge < -0.3 is 9.64 Å². The fourth-order valence-electron chi connectivity index (χ4n) is 2.97. The first kappa shape index (κ1) is 20.9. The van der Waals surface area contributed by atoms with Crippen LogP contribution in [0.5, 0.6) is 5.75 Å². The zero-order valence-electron chi connectivity index (χ0n) is 17.0. The average Bonchev–Trinajstić information content (AvgIpc) is 3.16. The molecule has 0 saturated heterocycles. The highest BCUT2D eigenvalue weighted by Gasteiger charge is 2.14. The van der Waals surface area contributed by atoms with Crippen molar-refractivity contribution < 1.29 is 13.9 Å². The molecule has 2 aromatic carbocycles. The van der Waals surface area contributed by atoms with Crippen LogP contribution in [-0.4, -0.2) is 40.3 Å². The molecule has 7 heteroatoms. The maximum Gasteiger partial charge on any atom is 0.233 e. The second kappa shape index (κ2) is 9.13. The number of hydrogen-bond donors (Lipinski definition) is 0. The summed E-state index contributed by atoms with van der Waals surface area (Å²) in [7, 11) is 3.13. The number of carbonyl (C=O) groups excluding carboxylic acids is 1. The highest BCUT2D eigenvalue weighted by molar-refractivity contribution is 7.99. The SMILES string of the molecule is COc1ccc(CN(C)C(=O)CSc2nccn2-c2cc(C)ccc2C)cc1F. The molecule has 1 heterocycles. The molecule has 152 valence electrons. The van der Waals surface area contributed by atoms with Crippen LogP contribution in [0, 0.1) is 19.7 Å². The van der Waals surface area contributed by atoms with Gasteiger partial charge in [-0.1, -0.05) is 30.0 Å². The van der Waals surface area contributed by atoms with E-state index in [1.165, 1.54) is 24.9 Å². The molecule has 1 aromatic heterocycles. The molecule has 3 rings (SSSR count). The highest BCUT2D eigenvalue weighted by atomic mass is 32.2. The lowest BCUT2D eigenvalue weighted by Crippen LogP contribution is -2.28. The Hall–Kier alpha value is -2.80. The molecule has 0 atom stereocenters. The third-order valence-electron chi connectivity index (χ3n) is 4.62. The second-order valence-electron chi connectivity index (χ2n) is 6.88. The first-order chi connectivity index (χ1) is 13.9. The fourth-order valence-corrected chi connectivity index (χ4v) is 3.87. The van der Waals surface area contributed by atoms with E-state index in [2.05, 4.69) is 30.1 Å². The van der Waals surface area contributed by atoms with Crippen molar-refractivity contribution >= 4 is 17.7 Å². The Kier molecular flexibility index (Phi) is 6.59. The first-order valence-corrected chi connectivity index (χ1v) is 10.2. The minimum atomic E-state index is -0.434. The summed E-state index contributed by atoms with van der Waals surface area (Å²) in [6.07, 6.45) is 3.64. The Labute approximate surface area is 174 Å². The lowest BCUT2D eigenvalue weighted by atomic mass is 10.1. The lowest BCUT2D eigenvalue weighted by Gasteiger charge is -2.18. The standard InChI is InChI=1S/C22H24FN3O2S/c1-15-5-6-16(2)19(11-15)26-10-9-24-22(26)29-14-21(27)25(3)13-17-7-8-20(28-4)18(23)12-17/h5-12H,13-14H2,1-4H3. The number of methoxy groups -OCH3 is 1. The molecule has 3 aromatic rings. The van der Waals surface area contributed by atoms with Gasteiger partial charge in [0.2, 0.25) is 5.91 Å². The van der Waals surface area contributed by atoms with Crippen molar-refractivity contribution in [2.45, 2.75) is 25.5 Å². The van der Waals surface area contributed by atoms with Crippen LogP contribution < -0.4 is 4.74 Å². The summed E-state index contributed by atoms with van der Waals surface area (Å²) in [5.41, 5.74) is 4.07. The molecule has 0 saturated carbocycles. The minimum absolute atomic E-state index is 0.0539. The van der Waals surface area contributed by atoms with Gasteiger partial charge in [-0.2, -0.15) is 0 Å². The van der Waals surface area contributed by atoms with Gasteiger partial charge in [0.25, 0.3) is 0 Å².